The highest BCUT2D eigenvalue weighted by Gasteiger charge is 2.10. The number of urea groups is 1. The maximum Gasteiger partial charge on any atom is 0.326 e. The van der Waals surface area contributed by atoms with Gasteiger partial charge < -0.3 is 11.1 Å². The molecule has 0 saturated carbocycles. The third kappa shape index (κ3) is 3.22. The van der Waals surface area contributed by atoms with Crippen LogP contribution in [0.25, 0.3) is 0 Å². The Balaban J connectivity index is 2.07. The van der Waals surface area contributed by atoms with E-state index < -0.39 is 0 Å². The normalized spacial score (nSPS) is 10.0. The first-order valence-corrected chi connectivity index (χ1v) is 5.72. The molecule has 0 bridgehead atoms. The van der Waals surface area contributed by atoms with Crippen LogP contribution in [0.5, 0.6) is 0 Å². The maximum atomic E-state index is 12.8. The van der Waals surface area contributed by atoms with Gasteiger partial charge in [0.2, 0.25) is 0 Å². The lowest BCUT2D eigenvalue weighted by molar-refractivity contribution is 0.258. The number of benzene rings is 2. The molecule has 19 heavy (non-hydrogen) atoms. The standard InChI is InChI=1S/C14H14FN3O/c1-18(13-8-2-10(15)3-9-13)14(19)17-12-6-4-11(16)5-7-12/h2-9H,16H2,1H3,(H,17,19). The van der Waals surface area contributed by atoms with E-state index in [0.717, 1.165) is 0 Å². The smallest absolute Gasteiger partial charge is 0.326 e. The zero-order chi connectivity index (χ0) is 13.8. The van der Waals surface area contributed by atoms with E-state index in [4.69, 9.17) is 5.73 Å². The summed E-state index contributed by atoms with van der Waals surface area (Å²) < 4.78 is 12.8. The second-order valence-corrected chi connectivity index (χ2v) is 4.09. The van der Waals surface area contributed by atoms with Gasteiger partial charge in [0.15, 0.2) is 0 Å². The number of nitrogen functional groups attached to an aromatic ring is 1. The summed E-state index contributed by atoms with van der Waals surface area (Å²) in [7, 11) is 1.61. The van der Waals surface area contributed by atoms with Crippen LogP contribution in [0.4, 0.5) is 26.2 Å². The van der Waals surface area contributed by atoms with Gasteiger partial charge in [0, 0.05) is 24.1 Å². The molecule has 0 aliphatic heterocycles. The average Bonchev–Trinajstić information content (AvgIpc) is 2.41. The molecule has 0 aliphatic carbocycles. The van der Waals surface area contributed by atoms with Gasteiger partial charge in [-0.25, -0.2) is 9.18 Å². The van der Waals surface area contributed by atoms with Gasteiger partial charge in [0.1, 0.15) is 5.82 Å². The molecule has 5 heteroatoms. The van der Waals surface area contributed by atoms with E-state index in [2.05, 4.69) is 5.32 Å². The van der Waals surface area contributed by atoms with E-state index in [-0.39, 0.29) is 11.8 Å². The molecule has 2 rings (SSSR count). The highest BCUT2D eigenvalue weighted by Crippen LogP contribution is 2.16. The van der Waals surface area contributed by atoms with Crippen molar-refractivity contribution in [2.24, 2.45) is 0 Å². The lowest BCUT2D eigenvalue weighted by Gasteiger charge is -2.18. The minimum Gasteiger partial charge on any atom is -0.399 e. The quantitative estimate of drug-likeness (QED) is 0.814. The van der Waals surface area contributed by atoms with E-state index in [1.54, 1.807) is 31.3 Å². The van der Waals surface area contributed by atoms with Gasteiger partial charge in [-0.1, -0.05) is 0 Å². The number of rotatable bonds is 2. The molecule has 2 aromatic rings. The van der Waals surface area contributed by atoms with Crippen LogP contribution in [-0.2, 0) is 0 Å². The van der Waals surface area contributed by atoms with Crippen molar-refractivity contribution in [1.29, 1.82) is 0 Å². The summed E-state index contributed by atoms with van der Waals surface area (Å²) in [6, 6.07) is 12.2. The first kappa shape index (κ1) is 12.9. The number of nitrogens with zero attached hydrogens (tertiary/aromatic N) is 1. The molecule has 0 unspecified atom stereocenters. The van der Waals surface area contributed by atoms with Crippen LogP contribution in [0, 0.1) is 5.82 Å². The summed E-state index contributed by atoms with van der Waals surface area (Å²) in [5.74, 6) is -0.337. The number of nitrogens with one attached hydrogen (secondary N) is 1. The fourth-order valence-corrected chi connectivity index (χ4v) is 1.56. The van der Waals surface area contributed by atoms with Crippen LogP contribution in [0.1, 0.15) is 0 Å². The van der Waals surface area contributed by atoms with Crippen molar-refractivity contribution in [3.05, 3.63) is 54.3 Å². The topological polar surface area (TPSA) is 58.4 Å². The van der Waals surface area contributed by atoms with Crippen molar-refractivity contribution in [3.8, 4) is 0 Å². The number of hydrogen-bond donors (Lipinski definition) is 2. The lowest BCUT2D eigenvalue weighted by atomic mass is 10.3. The number of anilines is 3. The predicted molar refractivity (Wildman–Crippen MR) is 74.7 cm³/mol. The molecule has 3 N–H and O–H groups in total. The first-order valence-electron chi connectivity index (χ1n) is 5.72. The van der Waals surface area contributed by atoms with Gasteiger partial charge >= 0.3 is 6.03 Å². The Morgan fingerprint density at radius 2 is 1.68 bits per heavy atom. The third-order valence-corrected chi connectivity index (χ3v) is 2.68. The minimum absolute atomic E-state index is 0.309. The summed E-state index contributed by atoms with van der Waals surface area (Å²) in [6.45, 7) is 0. The van der Waals surface area contributed by atoms with Gasteiger partial charge in [-0.3, -0.25) is 4.90 Å². The van der Waals surface area contributed by atoms with E-state index in [0.29, 0.717) is 17.1 Å². The zero-order valence-corrected chi connectivity index (χ0v) is 10.4. The second kappa shape index (κ2) is 5.39. The van der Waals surface area contributed by atoms with Crippen LogP contribution in [0.15, 0.2) is 48.5 Å². The van der Waals surface area contributed by atoms with E-state index in [1.165, 1.54) is 29.2 Å². The largest absolute Gasteiger partial charge is 0.399 e. The SMILES string of the molecule is CN(C(=O)Nc1ccc(N)cc1)c1ccc(F)cc1. The fourth-order valence-electron chi connectivity index (χ4n) is 1.56. The number of carbonyl (C=O) groups excluding carboxylic acids is 1. The van der Waals surface area contributed by atoms with Gasteiger partial charge in [-0.05, 0) is 48.5 Å². The van der Waals surface area contributed by atoms with Crippen molar-refractivity contribution in [2.75, 3.05) is 23.0 Å². The van der Waals surface area contributed by atoms with E-state index in [1.807, 2.05) is 0 Å². The summed E-state index contributed by atoms with van der Waals surface area (Å²) in [5, 5.41) is 2.72. The molecule has 4 nitrogen and oxygen atoms in total. The number of nitrogens with two attached hydrogens (primary N) is 1. The van der Waals surface area contributed by atoms with Crippen molar-refractivity contribution in [2.45, 2.75) is 0 Å². The molecular weight excluding hydrogens is 245 g/mol. The third-order valence-electron chi connectivity index (χ3n) is 2.68. The molecule has 0 saturated heterocycles. The van der Waals surface area contributed by atoms with Crippen LogP contribution >= 0.6 is 0 Å². The van der Waals surface area contributed by atoms with Crippen molar-refractivity contribution >= 4 is 23.1 Å². The molecule has 0 radical (unpaired) electrons. The molecule has 98 valence electrons. The highest BCUT2D eigenvalue weighted by molar-refractivity contribution is 6.01. The summed E-state index contributed by atoms with van der Waals surface area (Å²) >= 11 is 0. The first-order chi connectivity index (χ1) is 9.06. The van der Waals surface area contributed by atoms with E-state index in [9.17, 15) is 9.18 Å². The maximum absolute atomic E-state index is 12.8. The average molecular weight is 259 g/mol. The fraction of sp³-hybridized carbons (Fsp3) is 0.0714. The van der Waals surface area contributed by atoms with Crippen LogP contribution in [0.2, 0.25) is 0 Å². The Morgan fingerprint density at radius 1 is 1.11 bits per heavy atom. The molecule has 0 spiro atoms. The molecule has 0 atom stereocenters. The monoisotopic (exact) mass is 259 g/mol. The molecule has 0 aromatic heterocycles. The molecule has 0 heterocycles. The highest BCUT2D eigenvalue weighted by atomic mass is 19.1. The van der Waals surface area contributed by atoms with Gasteiger partial charge in [0.05, 0.1) is 0 Å². The predicted octanol–water partition coefficient (Wildman–Crippen LogP) is 3.08. The van der Waals surface area contributed by atoms with Crippen LogP contribution < -0.4 is 16.0 Å². The Kier molecular flexibility index (Phi) is 3.66. The zero-order valence-electron chi connectivity index (χ0n) is 10.4. The Morgan fingerprint density at radius 3 is 2.26 bits per heavy atom. The molecule has 0 aliphatic rings. The van der Waals surface area contributed by atoms with E-state index >= 15 is 0 Å². The van der Waals surface area contributed by atoms with Gasteiger partial charge in [-0.15, -0.1) is 0 Å². The number of carbonyl (C=O) groups is 1. The van der Waals surface area contributed by atoms with Crippen LogP contribution in [0.3, 0.4) is 0 Å². The Hall–Kier alpha value is -2.56. The number of amides is 2. The van der Waals surface area contributed by atoms with Gasteiger partial charge in [0.25, 0.3) is 0 Å². The Labute approximate surface area is 110 Å². The number of halogens is 1. The van der Waals surface area contributed by atoms with Gasteiger partial charge in [-0.2, -0.15) is 0 Å². The summed E-state index contributed by atoms with van der Waals surface area (Å²) in [4.78, 5) is 13.4. The van der Waals surface area contributed by atoms with Crippen molar-refractivity contribution in [1.82, 2.24) is 0 Å². The van der Waals surface area contributed by atoms with Crippen LogP contribution in [-0.4, -0.2) is 13.1 Å². The summed E-state index contributed by atoms with van der Waals surface area (Å²) in [5.41, 5.74) is 7.45. The second-order valence-electron chi connectivity index (χ2n) is 4.09. The van der Waals surface area contributed by atoms with Crippen molar-refractivity contribution in [3.63, 3.8) is 0 Å². The molecule has 0 fully saturated rings. The minimum atomic E-state index is -0.337. The van der Waals surface area contributed by atoms with Crippen molar-refractivity contribution < 1.29 is 9.18 Å². The number of hydrogen-bond acceptors (Lipinski definition) is 2. The molecular formula is C14H14FN3O. The lowest BCUT2D eigenvalue weighted by Crippen LogP contribution is -2.31. The molecule has 2 aromatic carbocycles. The molecule has 2 amide bonds. The Bertz CT molecular complexity index is 566. The summed E-state index contributed by atoms with van der Waals surface area (Å²) in [6.07, 6.45) is 0.